The van der Waals surface area contributed by atoms with E-state index in [9.17, 15) is 10.1 Å². The summed E-state index contributed by atoms with van der Waals surface area (Å²) in [5.41, 5.74) is 6.45. The molecule has 2 N–H and O–H groups in total. The van der Waals surface area contributed by atoms with Gasteiger partial charge in [-0.3, -0.25) is 0 Å². The molecule has 126 valence electrons. The number of halogens is 1. The van der Waals surface area contributed by atoms with Crippen LogP contribution in [0.1, 0.15) is 39.2 Å². The number of hydrogen-bond acceptors (Lipinski definition) is 5. The zero-order valence-electron chi connectivity index (χ0n) is 14.0. The van der Waals surface area contributed by atoms with Crippen molar-refractivity contribution in [2.24, 2.45) is 5.73 Å². The highest BCUT2D eigenvalue weighted by Crippen LogP contribution is 2.40. The molecular formula is C18H19BrN2O3. The van der Waals surface area contributed by atoms with E-state index in [0.717, 1.165) is 10.0 Å². The topological polar surface area (TPSA) is 85.3 Å². The molecule has 0 bridgehead atoms. The second-order valence-electron chi connectivity index (χ2n) is 6.45. The van der Waals surface area contributed by atoms with E-state index in [0.29, 0.717) is 5.76 Å². The molecule has 1 aliphatic heterocycles. The highest BCUT2D eigenvalue weighted by molar-refractivity contribution is 9.10. The van der Waals surface area contributed by atoms with Gasteiger partial charge in [-0.25, -0.2) is 4.79 Å². The smallest absolute Gasteiger partial charge is 0.338 e. The molecule has 5 nitrogen and oxygen atoms in total. The molecule has 0 amide bonds. The SMILES string of the molecule is CC1=C(C(=O)OC(C)(C)C)[C@H](c2cccc(Br)c2)C(C#N)=C(N)O1. The first-order chi connectivity index (χ1) is 11.1. The van der Waals surface area contributed by atoms with Gasteiger partial charge in [0, 0.05) is 4.47 Å². The summed E-state index contributed by atoms with van der Waals surface area (Å²) in [5.74, 6) is -0.806. The van der Waals surface area contributed by atoms with Crippen LogP contribution in [-0.4, -0.2) is 11.6 Å². The van der Waals surface area contributed by atoms with E-state index in [-0.39, 0.29) is 17.0 Å². The quantitative estimate of drug-likeness (QED) is 0.774. The lowest BCUT2D eigenvalue weighted by Gasteiger charge is -2.29. The van der Waals surface area contributed by atoms with Gasteiger partial charge in [-0.2, -0.15) is 5.26 Å². The van der Waals surface area contributed by atoms with Gasteiger partial charge in [-0.15, -0.1) is 0 Å². The Bertz CT molecular complexity index is 782. The first-order valence-electron chi connectivity index (χ1n) is 7.41. The summed E-state index contributed by atoms with van der Waals surface area (Å²) in [6.07, 6.45) is 0. The van der Waals surface area contributed by atoms with Crippen LogP contribution in [0, 0.1) is 11.3 Å². The third-order valence-corrected chi connectivity index (χ3v) is 3.90. The third kappa shape index (κ3) is 3.80. The Morgan fingerprint density at radius 3 is 2.62 bits per heavy atom. The maximum absolute atomic E-state index is 12.7. The molecule has 2 rings (SSSR count). The molecule has 0 aromatic heterocycles. The Balaban J connectivity index is 2.59. The maximum atomic E-state index is 12.7. The summed E-state index contributed by atoms with van der Waals surface area (Å²) in [5, 5.41) is 9.53. The van der Waals surface area contributed by atoms with Gasteiger partial charge in [-0.05, 0) is 45.4 Å². The zero-order valence-corrected chi connectivity index (χ0v) is 15.6. The van der Waals surface area contributed by atoms with Crippen molar-refractivity contribution in [2.45, 2.75) is 39.2 Å². The Hall–Kier alpha value is -2.26. The van der Waals surface area contributed by atoms with E-state index in [4.69, 9.17) is 15.2 Å². The summed E-state index contributed by atoms with van der Waals surface area (Å²) in [6, 6.07) is 9.45. The van der Waals surface area contributed by atoms with E-state index in [1.165, 1.54) is 0 Å². The average Bonchev–Trinajstić information content (AvgIpc) is 2.44. The van der Waals surface area contributed by atoms with Crippen LogP contribution in [0.5, 0.6) is 0 Å². The molecule has 0 saturated heterocycles. The molecule has 0 spiro atoms. The van der Waals surface area contributed by atoms with Crippen molar-refractivity contribution < 1.29 is 14.3 Å². The van der Waals surface area contributed by atoms with Crippen molar-refractivity contribution in [3.8, 4) is 6.07 Å². The number of carbonyl (C=O) groups is 1. The van der Waals surface area contributed by atoms with E-state index in [2.05, 4.69) is 22.0 Å². The lowest BCUT2D eigenvalue weighted by molar-refractivity contribution is -0.150. The summed E-state index contributed by atoms with van der Waals surface area (Å²) >= 11 is 3.41. The van der Waals surface area contributed by atoms with Gasteiger partial charge >= 0.3 is 5.97 Å². The normalized spacial score (nSPS) is 18.1. The summed E-state index contributed by atoms with van der Waals surface area (Å²) < 4.78 is 11.8. The second-order valence-corrected chi connectivity index (χ2v) is 7.37. The number of benzene rings is 1. The van der Waals surface area contributed by atoms with Crippen LogP contribution in [-0.2, 0) is 14.3 Å². The van der Waals surface area contributed by atoms with Crippen LogP contribution in [0.3, 0.4) is 0 Å². The van der Waals surface area contributed by atoms with Crippen LogP contribution in [0.25, 0.3) is 0 Å². The van der Waals surface area contributed by atoms with Crippen molar-refractivity contribution in [1.82, 2.24) is 0 Å². The van der Waals surface area contributed by atoms with Crippen LogP contribution < -0.4 is 5.73 Å². The maximum Gasteiger partial charge on any atom is 0.338 e. The molecule has 0 fully saturated rings. The van der Waals surface area contributed by atoms with Gasteiger partial charge in [0.2, 0.25) is 5.88 Å². The number of nitrogens with zero attached hydrogens (tertiary/aromatic N) is 1. The number of nitriles is 1. The van der Waals surface area contributed by atoms with Gasteiger partial charge in [0.15, 0.2) is 0 Å². The largest absolute Gasteiger partial charge is 0.456 e. The van der Waals surface area contributed by atoms with Crippen molar-refractivity contribution >= 4 is 21.9 Å². The minimum Gasteiger partial charge on any atom is -0.456 e. The zero-order chi connectivity index (χ0) is 18.1. The Morgan fingerprint density at radius 1 is 1.42 bits per heavy atom. The molecule has 1 aromatic rings. The molecule has 0 unspecified atom stereocenters. The van der Waals surface area contributed by atoms with Gasteiger partial charge in [0.25, 0.3) is 0 Å². The molecule has 1 atom stereocenters. The van der Waals surface area contributed by atoms with Gasteiger partial charge in [-0.1, -0.05) is 28.1 Å². The molecule has 1 heterocycles. The van der Waals surface area contributed by atoms with Crippen molar-refractivity contribution in [3.63, 3.8) is 0 Å². The number of ether oxygens (including phenoxy) is 2. The fraction of sp³-hybridized carbons (Fsp3) is 0.333. The highest BCUT2D eigenvalue weighted by Gasteiger charge is 2.37. The fourth-order valence-corrected chi connectivity index (χ4v) is 2.92. The number of allylic oxidation sites excluding steroid dienone is 2. The minimum absolute atomic E-state index is 0.00674. The first-order valence-corrected chi connectivity index (χ1v) is 8.20. The highest BCUT2D eigenvalue weighted by atomic mass is 79.9. The lowest BCUT2D eigenvalue weighted by atomic mass is 9.83. The van der Waals surface area contributed by atoms with Gasteiger partial charge in [0.1, 0.15) is 23.0 Å². The second kappa shape index (κ2) is 6.70. The number of nitrogens with two attached hydrogens (primary N) is 1. The molecule has 1 aromatic carbocycles. The molecule has 0 radical (unpaired) electrons. The minimum atomic E-state index is -0.661. The lowest BCUT2D eigenvalue weighted by Crippen LogP contribution is -2.30. The Kier molecular flexibility index (Phi) is 5.05. The first kappa shape index (κ1) is 18.1. The molecule has 24 heavy (non-hydrogen) atoms. The van der Waals surface area contributed by atoms with E-state index in [1.807, 2.05) is 24.3 Å². The summed E-state index contributed by atoms with van der Waals surface area (Å²) in [6.45, 7) is 7.00. The number of esters is 1. The Labute approximate surface area is 149 Å². The van der Waals surface area contributed by atoms with Crippen LogP contribution in [0.15, 0.2) is 51.5 Å². The standard InChI is InChI=1S/C18H19BrN2O3/c1-10-14(17(22)24-18(2,3)4)15(13(9-20)16(21)23-10)11-6-5-7-12(19)8-11/h5-8,15H,21H2,1-4H3/t15-/m1/s1. The Morgan fingerprint density at radius 2 is 2.08 bits per heavy atom. The number of rotatable bonds is 2. The summed E-state index contributed by atoms with van der Waals surface area (Å²) in [7, 11) is 0. The third-order valence-electron chi connectivity index (χ3n) is 3.41. The number of carbonyl (C=O) groups excluding carboxylic acids is 1. The monoisotopic (exact) mass is 390 g/mol. The average molecular weight is 391 g/mol. The molecule has 0 aliphatic carbocycles. The molecular weight excluding hydrogens is 372 g/mol. The van der Waals surface area contributed by atoms with Crippen molar-refractivity contribution in [2.75, 3.05) is 0 Å². The fourth-order valence-electron chi connectivity index (χ4n) is 2.50. The van der Waals surface area contributed by atoms with E-state index < -0.39 is 17.5 Å². The van der Waals surface area contributed by atoms with Crippen LogP contribution in [0.4, 0.5) is 0 Å². The number of hydrogen-bond donors (Lipinski definition) is 1. The van der Waals surface area contributed by atoms with Crippen molar-refractivity contribution in [1.29, 1.82) is 5.26 Å². The molecule has 0 saturated carbocycles. The van der Waals surface area contributed by atoms with Crippen LogP contribution >= 0.6 is 15.9 Å². The predicted molar refractivity (Wildman–Crippen MR) is 93.3 cm³/mol. The van der Waals surface area contributed by atoms with Gasteiger partial charge < -0.3 is 15.2 Å². The summed E-state index contributed by atoms with van der Waals surface area (Å²) in [4.78, 5) is 12.7. The van der Waals surface area contributed by atoms with E-state index in [1.54, 1.807) is 27.7 Å². The molecule has 1 aliphatic rings. The molecule has 6 heteroatoms. The van der Waals surface area contributed by atoms with Gasteiger partial charge in [0.05, 0.1) is 11.5 Å². The van der Waals surface area contributed by atoms with Crippen LogP contribution in [0.2, 0.25) is 0 Å². The van der Waals surface area contributed by atoms with Crippen molar-refractivity contribution in [3.05, 3.63) is 57.1 Å². The van der Waals surface area contributed by atoms with E-state index >= 15 is 0 Å². The predicted octanol–water partition coefficient (Wildman–Crippen LogP) is 3.87.